The van der Waals surface area contributed by atoms with Crippen molar-refractivity contribution in [3.8, 4) is 11.5 Å². The van der Waals surface area contributed by atoms with E-state index in [4.69, 9.17) is 5.73 Å². The van der Waals surface area contributed by atoms with Gasteiger partial charge in [-0.05, 0) is 55.7 Å². The van der Waals surface area contributed by atoms with Gasteiger partial charge in [0.1, 0.15) is 17.6 Å². The maximum Gasteiger partial charge on any atom is 0.408 e. The summed E-state index contributed by atoms with van der Waals surface area (Å²) in [6.45, 7) is 3.59. The lowest BCUT2D eigenvalue weighted by molar-refractivity contribution is -0.183. The third-order valence-electron chi connectivity index (χ3n) is 6.38. The van der Waals surface area contributed by atoms with Crippen LogP contribution in [0.5, 0.6) is 0 Å². The van der Waals surface area contributed by atoms with Crippen LogP contribution in [0.2, 0.25) is 0 Å². The van der Waals surface area contributed by atoms with Crippen molar-refractivity contribution < 1.29 is 22.7 Å². The fourth-order valence-corrected chi connectivity index (χ4v) is 4.81. The number of halogens is 4. The lowest BCUT2D eigenvalue weighted by Gasteiger charge is -2.30. The van der Waals surface area contributed by atoms with Gasteiger partial charge in [-0.25, -0.2) is 9.37 Å². The molecule has 7 nitrogen and oxygen atoms in total. The highest BCUT2D eigenvalue weighted by molar-refractivity contribution is 5.82. The minimum atomic E-state index is -4.49. The first-order valence-electron chi connectivity index (χ1n) is 11.6. The summed E-state index contributed by atoms with van der Waals surface area (Å²) in [5, 5.41) is 18.9. The summed E-state index contributed by atoms with van der Waals surface area (Å²) < 4.78 is 58.4. The molecule has 0 aliphatic carbocycles. The number of nitrogens with zero attached hydrogens (tertiary/aromatic N) is 5. The Balaban J connectivity index is 1.58. The van der Waals surface area contributed by atoms with Crippen LogP contribution in [-0.4, -0.2) is 60.5 Å². The summed E-state index contributed by atoms with van der Waals surface area (Å²) >= 11 is 0. The van der Waals surface area contributed by atoms with Crippen molar-refractivity contribution in [3.05, 3.63) is 59.5 Å². The summed E-state index contributed by atoms with van der Waals surface area (Å²) in [5.41, 5.74) is 6.35. The molecule has 0 saturated carbocycles. The number of hydrogen-bond acceptors (Lipinski definition) is 6. The molecular weight excluding hydrogens is 476 g/mol. The van der Waals surface area contributed by atoms with Gasteiger partial charge in [-0.15, -0.1) is 10.2 Å². The van der Waals surface area contributed by atoms with Crippen LogP contribution in [0.1, 0.15) is 37.4 Å². The molecule has 5 rings (SSSR count). The standard InChI is InChI=1S/C25H26F4N6O/c1-24(2,36)11-16-10-20-14(9-18(16)26)3-5-19(31-20)23-33-32-21-6-4-15(12-35(21)23)22(25(27,28)29)34-8-7-17(30)13-34/h3-6,9-10,12,17,22,36H,7-8,11,13,30H2,1-2H3. The monoisotopic (exact) mass is 502 g/mol. The highest BCUT2D eigenvalue weighted by Gasteiger charge is 2.46. The number of hydrogen-bond donors (Lipinski definition) is 2. The molecular formula is C25H26F4N6O. The molecule has 1 aliphatic heterocycles. The molecule has 3 aromatic heterocycles. The van der Waals surface area contributed by atoms with Gasteiger partial charge in [0.25, 0.3) is 0 Å². The van der Waals surface area contributed by atoms with Crippen LogP contribution in [0, 0.1) is 5.82 Å². The van der Waals surface area contributed by atoms with Crippen LogP contribution in [-0.2, 0) is 6.42 Å². The molecule has 2 unspecified atom stereocenters. The van der Waals surface area contributed by atoms with E-state index in [1.807, 2.05) is 0 Å². The lowest BCUT2D eigenvalue weighted by atomic mass is 9.97. The molecule has 1 aliphatic rings. The number of aliphatic hydroxyl groups is 1. The molecule has 36 heavy (non-hydrogen) atoms. The van der Waals surface area contributed by atoms with E-state index in [1.54, 1.807) is 32.0 Å². The van der Waals surface area contributed by atoms with Crippen LogP contribution in [0.25, 0.3) is 28.1 Å². The Labute approximate surface area is 204 Å². The zero-order valence-corrected chi connectivity index (χ0v) is 19.8. The summed E-state index contributed by atoms with van der Waals surface area (Å²) in [4.78, 5) is 5.94. The lowest BCUT2D eigenvalue weighted by Crippen LogP contribution is -2.38. The smallest absolute Gasteiger partial charge is 0.390 e. The highest BCUT2D eigenvalue weighted by Crippen LogP contribution is 2.39. The zero-order chi connectivity index (χ0) is 25.8. The van der Waals surface area contributed by atoms with E-state index < -0.39 is 23.6 Å². The SMILES string of the molecule is CC(C)(O)Cc1cc2nc(-c3nnc4ccc(C(N5CCC(N)C5)C(F)(F)F)cn34)ccc2cc1F. The number of nitrogens with two attached hydrogens (primary N) is 1. The molecule has 11 heteroatoms. The number of pyridine rings is 2. The fraction of sp³-hybridized carbons (Fsp3) is 0.400. The van der Waals surface area contributed by atoms with E-state index in [-0.39, 0.29) is 36.9 Å². The van der Waals surface area contributed by atoms with Gasteiger partial charge in [0, 0.05) is 37.1 Å². The van der Waals surface area contributed by atoms with Gasteiger partial charge in [0.2, 0.25) is 0 Å². The molecule has 4 heterocycles. The Kier molecular flexibility index (Phi) is 5.97. The largest absolute Gasteiger partial charge is 0.408 e. The molecule has 0 bridgehead atoms. The third-order valence-corrected chi connectivity index (χ3v) is 6.38. The first-order valence-corrected chi connectivity index (χ1v) is 11.6. The van der Waals surface area contributed by atoms with E-state index in [0.717, 1.165) is 0 Å². The number of likely N-dealkylation sites (tertiary alicyclic amines) is 1. The van der Waals surface area contributed by atoms with Crippen molar-refractivity contribution in [1.82, 2.24) is 24.5 Å². The minimum Gasteiger partial charge on any atom is -0.390 e. The Hall–Kier alpha value is -3.15. The number of aromatic nitrogens is 4. The second kappa shape index (κ2) is 8.75. The average Bonchev–Trinajstić information content (AvgIpc) is 3.38. The maximum atomic E-state index is 14.5. The number of rotatable bonds is 5. The van der Waals surface area contributed by atoms with Gasteiger partial charge < -0.3 is 10.8 Å². The van der Waals surface area contributed by atoms with E-state index in [9.17, 15) is 22.7 Å². The Morgan fingerprint density at radius 2 is 1.92 bits per heavy atom. The van der Waals surface area contributed by atoms with Gasteiger partial charge in [-0.2, -0.15) is 13.2 Å². The normalized spacial score (nSPS) is 18.4. The summed E-state index contributed by atoms with van der Waals surface area (Å²) in [5.74, 6) is -0.183. The molecule has 0 amide bonds. The molecule has 2 atom stereocenters. The Morgan fingerprint density at radius 3 is 2.58 bits per heavy atom. The molecule has 1 saturated heterocycles. The third kappa shape index (κ3) is 4.78. The predicted molar refractivity (Wildman–Crippen MR) is 127 cm³/mol. The van der Waals surface area contributed by atoms with Crippen molar-refractivity contribution in [3.63, 3.8) is 0 Å². The van der Waals surface area contributed by atoms with Crippen molar-refractivity contribution in [2.45, 2.75) is 50.6 Å². The van der Waals surface area contributed by atoms with Gasteiger partial charge in [0.05, 0.1) is 11.1 Å². The molecule has 0 spiro atoms. The van der Waals surface area contributed by atoms with Gasteiger partial charge in [-0.1, -0.05) is 12.1 Å². The predicted octanol–water partition coefficient (Wildman–Crippen LogP) is 4.03. The average molecular weight is 503 g/mol. The Morgan fingerprint density at radius 1 is 1.14 bits per heavy atom. The molecule has 3 N–H and O–H groups in total. The molecule has 190 valence electrons. The van der Waals surface area contributed by atoms with Crippen LogP contribution in [0.15, 0.2) is 42.6 Å². The summed E-state index contributed by atoms with van der Waals surface area (Å²) in [7, 11) is 0. The zero-order valence-electron chi connectivity index (χ0n) is 19.8. The van der Waals surface area contributed by atoms with E-state index in [1.165, 1.54) is 33.7 Å². The number of alkyl halides is 3. The van der Waals surface area contributed by atoms with Crippen molar-refractivity contribution in [2.75, 3.05) is 13.1 Å². The molecule has 4 aromatic rings. The Bertz CT molecular complexity index is 1430. The molecule has 0 radical (unpaired) electrons. The van der Waals surface area contributed by atoms with Crippen LogP contribution in [0.3, 0.4) is 0 Å². The summed E-state index contributed by atoms with van der Waals surface area (Å²) in [6.07, 6.45) is -2.50. The van der Waals surface area contributed by atoms with Gasteiger partial charge in [0.15, 0.2) is 11.5 Å². The second-order valence-electron chi connectivity index (χ2n) is 10.0. The molecule has 1 aromatic carbocycles. The van der Waals surface area contributed by atoms with Crippen LogP contribution in [0.4, 0.5) is 17.6 Å². The van der Waals surface area contributed by atoms with E-state index >= 15 is 0 Å². The topological polar surface area (TPSA) is 92.6 Å². The van der Waals surface area contributed by atoms with Crippen molar-refractivity contribution in [2.24, 2.45) is 5.73 Å². The fourth-order valence-electron chi connectivity index (χ4n) is 4.81. The molecule has 1 fully saturated rings. The second-order valence-corrected chi connectivity index (χ2v) is 10.0. The van der Waals surface area contributed by atoms with Crippen molar-refractivity contribution in [1.29, 1.82) is 0 Å². The van der Waals surface area contributed by atoms with Gasteiger partial charge >= 0.3 is 6.18 Å². The minimum absolute atomic E-state index is 0.0560. The number of benzene rings is 1. The first kappa shape index (κ1) is 24.5. The van der Waals surface area contributed by atoms with Crippen LogP contribution >= 0.6 is 0 Å². The van der Waals surface area contributed by atoms with E-state index in [0.29, 0.717) is 34.2 Å². The van der Waals surface area contributed by atoms with Crippen LogP contribution < -0.4 is 5.73 Å². The van der Waals surface area contributed by atoms with Gasteiger partial charge in [-0.3, -0.25) is 9.30 Å². The maximum absolute atomic E-state index is 14.5. The summed E-state index contributed by atoms with van der Waals surface area (Å²) in [6, 6.07) is 7.03. The number of fused-ring (bicyclic) bond motifs is 2. The van der Waals surface area contributed by atoms with Crippen molar-refractivity contribution >= 4 is 16.6 Å². The first-order chi connectivity index (χ1) is 16.9. The quantitative estimate of drug-likeness (QED) is 0.401. The highest BCUT2D eigenvalue weighted by atomic mass is 19.4. The van der Waals surface area contributed by atoms with E-state index in [2.05, 4.69) is 15.2 Å².